The average molecular weight is 345 g/mol. The van der Waals surface area contributed by atoms with Gasteiger partial charge < -0.3 is 14.8 Å². The molecule has 1 unspecified atom stereocenters. The molecule has 120 valence electrons. The van der Waals surface area contributed by atoms with Gasteiger partial charge in [0.1, 0.15) is 11.9 Å². The number of halogens is 4. The zero-order valence-corrected chi connectivity index (χ0v) is 12.9. The molecule has 1 saturated heterocycles. The minimum Gasteiger partial charge on any atom is -0.336 e. The SMILES string of the molecule is Cl.Cn1ccnc1C1CNCCN1C(=O)CSC(F)(F)F. The number of hydrogen-bond donors (Lipinski definition) is 1. The van der Waals surface area contributed by atoms with Crippen molar-refractivity contribution >= 4 is 30.1 Å². The summed E-state index contributed by atoms with van der Waals surface area (Å²) in [5.74, 6) is -0.436. The number of imidazole rings is 1. The zero-order valence-electron chi connectivity index (χ0n) is 11.3. The lowest BCUT2D eigenvalue weighted by molar-refractivity contribution is -0.132. The number of piperazine rings is 1. The van der Waals surface area contributed by atoms with Gasteiger partial charge in [0.05, 0.1) is 5.75 Å². The summed E-state index contributed by atoms with van der Waals surface area (Å²) in [5.41, 5.74) is -4.39. The second-order valence-corrected chi connectivity index (χ2v) is 5.48. The van der Waals surface area contributed by atoms with Crippen molar-refractivity contribution in [3.05, 3.63) is 18.2 Å². The number of carbonyl (C=O) groups is 1. The summed E-state index contributed by atoms with van der Waals surface area (Å²) in [5, 5.41) is 3.13. The topological polar surface area (TPSA) is 50.2 Å². The van der Waals surface area contributed by atoms with Gasteiger partial charge in [-0.2, -0.15) is 13.2 Å². The van der Waals surface area contributed by atoms with Crippen LogP contribution in [0, 0.1) is 0 Å². The Morgan fingerprint density at radius 1 is 1.57 bits per heavy atom. The molecule has 1 aliphatic heterocycles. The highest BCUT2D eigenvalue weighted by molar-refractivity contribution is 8.00. The summed E-state index contributed by atoms with van der Waals surface area (Å²) in [6, 6.07) is -0.329. The molecule has 2 rings (SSSR count). The summed E-state index contributed by atoms with van der Waals surface area (Å²) in [6.07, 6.45) is 3.36. The fourth-order valence-corrected chi connectivity index (χ4v) is 2.61. The fourth-order valence-electron chi connectivity index (χ4n) is 2.16. The maximum absolute atomic E-state index is 12.2. The van der Waals surface area contributed by atoms with Crippen molar-refractivity contribution in [3.63, 3.8) is 0 Å². The monoisotopic (exact) mass is 344 g/mol. The van der Waals surface area contributed by atoms with Gasteiger partial charge >= 0.3 is 5.51 Å². The third-order valence-corrected chi connectivity index (χ3v) is 3.80. The quantitative estimate of drug-likeness (QED) is 0.904. The minimum atomic E-state index is -4.39. The second-order valence-electron chi connectivity index (χ2n) is 4.44. The Labute approximate surface area is 130 Å². The van der Waals surface area contributed by atoms with E-state index in [1.54, 1.807) is 24.0 Å². The average Bonchev–Trinajstić information content (AvgIpc) is 2.81. The normalized spacial score (nSPS) is 19.2. The Morgan fingerprint density at radius 2 is 2.29 bits per heavy atom. The van der Waals surface area contributed by atoms with E-state index in [1.807, 2.05) is 0 Å². The fraction of sp³-hybridized carbons (Fsp3) is 0.636. The Hall–Kier alpha value is -0.930. The van der Waals surface area contributed by atoms with Crippen LogP contribution in [-0.2, 0) is 11.8 Å². The molecule has 0 aliphatic carbocycles. The summed E-state index contributed by atoms with van der Waals surface area (Å²) in [4.78, 5) is 17.7. The predicted octanol–water partition coefficient (Wildman–Crippen LogP) is 1.57. The number of aromatic nitrogens is 2. The molecule has 2 heterocycles. The molecule has 0 saturated carbocycles. The number of nitrogens with zero attached hydrogens (tertiary/aromatic N) is 3. The zero-order chi connectivity index (χ0) is 14.8. The molecule has 5 nitrogen and oxygen atoms in total. The number of amides is 1. The molecule has 10 heteroatoms. The molecule has 0 spiro atoms. The van der Waals surface area contributed by atoms with Crippen LogP contribution in [0.2, 0.25) is 0 Å². The van der Waals surface area contributed by atoms with Crippen LogP contribution in [0.3, 0.4) is 0 Å². The molecule has 1 fully saturated rings. The highest BCUT2D eigenvalue weighted by atomic mass is 35.5. The second kappa shape index (κ2) is 7.37. The van der Waals surface area contributed by atoms with Gasteiger partial charge in [-0.3, -0.25) is 4.79 Å². The Bertz CT molecular complexity index is 482. The summed E-state index contributed by atoms with van der Waals surface area (Å²) in [6.45, 7) is 1.45. The van der Waals surface area contributed by atoms with Crippen LogP contribution in [-0.4, -0.2) is 51.3 Å². The van der Waals surface area contributed by atoms with E-state index < -0.39 is 17.2 Å². The molecule has 0 radical (unpaired) electrons. The first kappa shape index (κ1) is 18.1. The van der Waals surface area contributed by atoms with E-state index in [9.17, 15) is 18.0 Å². The van der Waals surface area contributed by atoms with Gasteiger partial charge in [0.2, 0.25) is 5.91 Å². The van der Waals surface area contributed by atoms with Crippen molar-refractivity contribution in [1.29, 1.82) is 0 Å². The van der Waals surface area contributed by atoms with Crippen molar-refractivity contribution in [2.24, 2.45) is 7.05 Å². The first-order valence-corrected chi connectivity index (χ1v) is 7.05. The number of hydrogen-bond acceptors (Lipinski definition) is 4. The highest BCUT2D eigenvalue weighted by Crippen LogP contribution is 2.31. The van der Waals surface area contributed by atoms with Crippen LogP contribution < -0.4 is 5.32 Å². The summed E-state index contributed by atoms with van der Waals surface area (Å²) in [7, 11) is 1.80. The molecular weight excluding hydrogens is 329 g/mol. The third-order valence-electron chi connectivity index (χ3n) is 3.08. The molecule has 1 aliphatic rings. The number of alkyl halides is 3. The standard InChI is InChI=1S/C11H15F3N4OS.ClH/c1-17-4-3-16-10(17)8-6-15-2-5-18(8)9(19)7-20-11(12,13)14;/h3-4,8,15H,2,5-7H2,1H3;1H. The van der Waals surface area contributed by atoms with Crippen LogP contribution in [0.1, 0.15) is 11.9 Å². The van der Waals surface area contributed by atoms with E-state index in [0.717, 1.165) is 0 Å². The van der Waals surface area contributed by atoms with Crippen LogP contribution in [0.25, 0.3) is 0 Å². The number of carbonyl (C=O) groups excluding carboxylic acids is 1. The van der Waals surface area contributed by atoms with Crippen molar-refractivity contribution < 1.29 is 18.0 Å². The lowest BCUT2D eigenvalue weighted by Gasteiger charge is -2.35. The Morgan fingerprint density at radius 3 is 2.86 bits per heavy atom. The van der Waals surface area contributed by atoms with E-state index in [4.69, 9.17) is 0 Å². The predicted molar refractivity (Wildman–Crippen MR) is 76.3 cm³/mol. The number of nitrogens with one attached hydrogen (secondary N) is 1. The van der Waals surface area contributed by atoms with Gasteiger partial charge in [0.15, 0.2) is 0 Å². The maximum Gasteiger partial charge on any atom is 0.442 e. The van der Waals surface area contributed by atoms with Crippen molar-refractivity contribution in [2.75, 3.05) is 25.4 Å². The van der Waals surface area contributed by atoms with Crippen LogP contribution in [0.5, 0.6) is 0 Å². The third kappa shape index (κ3) is 4.79. The van der Waals surface area contributed by atoms with Gasteiger partial charge in [-0.1, -0.05) is 0 Å². The summed E-state index contributed by atoms with van der Waals surface area (Å²) < 4.78 is 38.3. The highest BCUT2D eigenvalue weighted by Gasteiger charge is 2.34. The van der Waals surface area contributed by atoms with Crippen LogP contribution in [0.4, 0.5) is 13.2 Å². The number of thioether (sulfide) groups is 1. The molecule has 1 aromatic heterocycles. The molecular formula is C11H16ClF3N4OS. The number of rotatable bonds is 3. The van der Waals surface area contributed by atoms with Gasteiger partial charge in [0.25, 0.3) is 0 Å². The molecule has 1 aromatic rings. The smallest absolute Gasteiger partial charge is 0.336 e. The van der Waals surface area contributed by atoms with Crippen LogP contribution >= 0.6 is 24.2 Å². The van der Waals surface area contributed by atoms with E-state index in [-0.39, 0.29) is 30.2 Å². The van der Waals surface area contributed by atoms with E-state index in [2.05, 4.69) is 10.3 Å². The largest absolute Gasteiger partial charge is 0.442 e. The lowest BCUT2D eigenvalue weighted by atomic mass is 10.1. The first-order valence-electron chi connectivity index (χ1n) is 6.06. The lowest BCUT2D eigenvalue weighted by Crippen LogP contribution is -2.50. The molecule has 1 amide bonds. The van der Waals surface area contributed by atoms with Gasteiger partial charge in [-0.15, -0.1) is 12.4 Å². The Balaban J connectivity index is 0.00000220. The van der Waals surface area contributed by atoms with E-state index >= 15 is 0 Å². The van der Waals surface area contributed by atoms with E-state index in [0.29, 0.717) is 25.5 Å². The van der Waals surface area contributed by atoms with Crippen molar-refractivity contribution in [1.82, 2.24) is 19.8 Å². The van der Waals surface area contributed by atoms with Gasteiger partial charge in [-0.05, 0) is 11.8 Å². The molecule has 0 bridgehead atoms. The first-order chi connectivity index (χ1) is 9.38. The molecule has 1 N–H and O–H groups in total. The van der Waals surface area contributed by atoms with Crippen molar-refractivity contribution in [2.45, 2.75) is 11.6 Å². The van der Waals surface area contributed by atoms with Crippen molar-refractivity contribution in [3.8, 4) is 0 Å². The van der Waals surface area contributed by atoms with Gasteiger partial charge in [-0.25, -0.2) is 4.98 Å². The Kier molecular flexibility index (Phi) is 6.36. The van der Waals surface area contributed by atoms with E-state index in [1.165, 1.54) is 4.90 Å². The van der Waals surface area contributed by atoms with Gasteiger partial charge in [0, 0.05) is 39.1 Å². The van der Waals surface area contributed by atoms with Crippen LogP contribution in [0.15, 0.2) is 12.4 Å². The molecule has 0 aromatic carbocycles. The number of aryl methyl sites for hydroxylation is 1. The summed E-state index contributed by atoms with van der Waals surface area (Å²) >= 11 is -0.300. The maximum atomic E-state index is 12.2. The molecule has 21 heavy (non-hydrogen) atoms. The minimum absolute atomic E-state index is 0. The molecule has 1 atom stereocenters.